The summed E-state index contributed by atoms with van der Waals surface area (Å²) in [5.74, 6) is 4.42. The summed E-state index contributed by atoms with van der Waals surface area (Å²) in [5.41, 5.74) is 2.81. The summed E-state index contributed by atoms with van der Waals surface area (Å²) in [6.45, 7) is 2.12. The van der Waals surface area contributed by atoms with Crippen molar-refractivity contribution in [1.29, 1.82) is 0 Å². The molecular weight excluding hydrogens is 396 g/mol. The molecule has 3 aromatic heterocycles. The van der Waals surface area contributed by atoms with Gasteiger partial charge in [-0.15, -0.1) is 0 Å². The van der Waals surface area contributed by atoms with Gasteiger partial charge in [0.05, 0.1) is 12.8 Å². The molecule has 0 bridgehead atoms. The van der Waals surface area contributed by atoms with E-state index in [2.05, 4.69) is 32.3 Å². The fourth-order valence-corrected chi connectivity index (χ4v) is 4.48. The van der Waals surface area contributed by atoms with Crippen LogP contribution in [0.15, 0.2) is 61.1 Å². The van der Waals surface area contributed by atoms with Crippen LogP contribution in [0.5, 0.6) is 5.75 Å². The molecule has 1 fully saturated rings. The van der Waals surface area contributed by atoms with E-state index in [0.717, 1.165) is 52.9 Å². The van der Waals surface area contributed by atoms with Gasteiger partial charge in [-0.3, -0.25) is 4.57 Å². The predicted octanol–water partition coefficient (Wildman–Crippen LogP) is 4.12. The molecule has 1 N–H and O–H groups in total. The van der Waals surface area contributed by atoms with E-state index in [1.165, 1.54) is 5.69 Å². The Kier molecular flexibility index (Phi) is 5.15. The number of rotatable bonds is 5. The third kappa shape index (κ3) is 3.66. The maximum atomic E-state index is 5.65. The van der Waals surface area contributed by atoms with Crippen molar-refractivity contribution in [3.63, 3.8) is 0 Å². The number of nitrogens with one attached hydrogen (secondary N) is 1. The molecule has 0 unspecified atom stereocenters. The maximum absolute atomic E-state index is 5.65. The van der Waals surface area contributed by atoms with Crippen molar-refractivity contribution in [2.75, 3.05) is 41.9 Å². The molecular formula is C22H22N6OS. The van der Waals surface area contributed by atoms with Crippen LogP contribution in [0.25, 0.3) is 16.9 Å². The molecule has 1 saturated heterocycles. The van der Waals surface area contributed by atoms with E-state index in [-0.39, 0.29) is 0 Å². The number of hydrogen-bond acceptors (Lipinski definition) is 7. The molecule has 1 aromatic carbocycles. The molecule has 30 heavy (non-hydrogen) atoms. The second-order valence-corrected chi connectivity index (χ2v) is 8.18. The van der Waals surface area contributed by atoms with Gasteiger partial charge in [0.2, 0.25) is 5.95 Å². The highest BCUT2D eigenvalue weighted by molar-refractivity contribution is 7.99. The lowest BCUT2D eigenvalue weighted by atomic mass is 10.2. The molecule has 0 radical (unpaired) electrons. The number of ether oxygens (including phenoxy) is 1. The van der Waals surface area contributed by atoms with Gasteiger partial charge in [-0.05, 0) is 30.3 Å². The van der Waals surface area contributed by atoms with E-state index in [1.807, 2.05) is 59.1 Å². The van der Waals surface area contributed by atoms with Crippen LogP contribution in [-0.2, 0) is 0 Å². The normalized spacial score (nSPS) is 14.1. The van der Waals surface area contributed by atoms with Gasteiger partial charge in [0.25, 0.3) is 0 Å². The molecule has 8 heteroatoms. The standard InChI is InChI=1S/C22H22N6OS/c1-29-19-14-17(27-10-12-30-13-11-27)5-6-18(19)25-22-24-15-16-7-9-28(21(16)26-22)20-4-2-3-8-23-20/h2-9,14-15H,10-13H2,1H3,(H,24,25,26). The molecule has 0 spiro atoms. The quantitative estimate of drug-likeness (QED) is 0.523. The highest BCUT2D eigenvalue weighted by Crippen LogP contribution is 2.32. The Morgan fingerprint density at radius 1 is 1.07 bits per heavy atom. The lowest BCUT2D eigenvalue weighted by molar-refractivity contribution is 0.417. The molecule has 0 aliphatic carbocycles. The van der Waals surface area contributed by atoms with Gasteiger partial charge >= 0.3 is 0 Å². The van der Waals surface area contributed by atoms with Crippen LogP contribution in [0.4, 0.5) is 17.3 Å². The molecule has 5 rings (SSSR count). The van der Waals surface area contributed by atoms with Gasteiger partial charge < -0.3 is 15.0 Å². The van der Waals surface area contributed by atoms with Crippen molar-refractivity contribution < 1.29 is 4.74 Å². The smallest absolute Gasteiger partial charge is 0.229 e. The Bertz CT molecular complexity index is 1160. The minimum atomic E-state index is 0.513. The Balaban J connectivity index is 1.45. The van der Waals surface area contributed by atoms with Crippen molar-refractivity contribution in [3.8, 4) is 11.6 Å². The van der Waals surface area contributed by atoms with Gasteiger partial charge in [-0.25, -0.2) is 9.97 Å². The number of benzene rings is 1. The number of aromatic nitrogens is 4. The van der Waals surface area contributed by atoms with E-state index in [4.69, 9.17) is 9.72 Å². The average Bonchev–Trinajstić information content (AvgIpc) is 3.24. The van der Waals surface area contributed by atoms with Gasteiger partial charge in [-0.2, -0.15) is 16.7 Å². The summed E-state index contributed by atoms with van der Waals surface area (Å²) in [6, 6.07) is 14.0. The number of methoxy groups -OCH3 is 1. The van der Waals surface area contributed by atoms with Crippen molar-refractivity contribution in [1.82, 2.24) is 19.5 Å². The zero-order valence-electron chi connectivity index (χ0n) is 16.7. The first kappa shape index (κ1) is 18.7. The lowest BCUT2D eigenvalue weighted by Crippen LogP contribution is -2.32. The first-order valence-corrected chi connectivity index (χ1v) is 11.0. The van der Waals surface area contributed by atoms with Crippen LogP contribution < -0.4 is 15.0 Å². The first-order chi connectivity index (χ1) is 14.8. The van der Waals surface area contributed by atoms with Crippen LogP contribution in [0.1, 0.15) is 0 Å². The highest BCUT2D eigenvalue weighted by atomic mass is 32.2. The summed E-state index contributed by atoms with van der Waals surface area (Å²) in [7, 11) is 1.69. The Morgan fingerprint density at radius 3 is 2.77 bits per heavy atom. The molecule has 4 heterocycles. The molecule has 0 atom stereocenters. The fraction of sp³-hybridized carbons (Fsp3) is 0.227. The van der Waals surface area contributed by atoms with Crippen molar-refractivity contribution in [3.05, 3.63) is 61.1 Å². The van der Waals surface area contributed by atoms with E-state index >= 15 is 0 Å². The Hall–Kier alpha value is -3.26. The number of anilines is 3. The van der Waals surface area contributed by atoms with Crippen LogP contribution in [0.3, 0.4) is 0 Å². The number of fused-ring (bicyclic) bond motifs is 1. The van der Waals surface area contributed by atoms with E-state index in [0.29, 0.717) is 5.95 Å². The molecule has 7 nitrogen and oxygen atoms in total. The number of nitrogens with zero attached hydrogens (tertiary/aromatic N) is 5. The highest BCUT2D eigenvalue weighted by Gasteiger charge is 2.15. The number of hydrogen-bond donors (Lipinski definition) is 1. The third-order valence-corrected chi connectivity index (χ3v) is 6.07. The summed E-state index contributed by atoms with van der Waals surface area (Å²) in [5, 5.41) is 4.27. The number of pyridine rings is 1. The maximum Gasteiger partial charge on any atom is 0.229 e. The van der Waals surface area contributed by atoms with Crippen molar-refractivity contribution in [2.45, 2.75) is 0 Å². The van der Waals surface area contributed by atoms with Crippen molar-refractivity contribution >= 4 is 40.1 Å². The second kappa shape index (κ2) is 8.23. The molecule has 152 valence electrons. The molecule has 0 amide bonds. The van der Waals surface area contributed by atoms with Gasteiger partial charge in [0, 0.05) is 60.3 Å². The summed E-state index contributed by atoms with van der Waals surface area (Å²) in [6.07, 6.45) is 5.54. The summed E-state index contributed by atoms with van der Waals surface area (Å²) >= 11 is 2.00. The largest absolute Gasteiger partial charge is 0.494 e. The van der Waals surface area contributed by atoms with Crippen molar-refractivity contribution in [2.24, 2.45) is 0 Å². The summed E-state index contributed by atoms with van der Waals surface area (Å²) < 4.78 is 7.60. The predicted molar refractivity (Wildman–Crippen MR) is 122 cm³/mol. The van der Waals surface area contributed by atoms with Gasteiger partial charge in [0.15, 0.2) is 5.65 Å². The summed E-state index contributed by atoms with van der Waals surface area (Å²) in [4.78, 5) is 16.0. The van der Waals surface area contributed by atoms with Crippen LogP contribution in [0, 0.1) is 0 Å². The molecule has 1 aliphatic heterocycles. The molecule has 4 aromatic rings. The third-order valence-electron chi connectivity index (χ3n) is 5.13. The van der Waals surface area contributed by atoms with Crippen LogP contribution in [0.2, 0.25) is 0 Å². The van der Waals surface area contributed by atoms with Crippen LogP contribution in [-0.4, -0.2) is 51.2 Å². The molecule has 1 aliphatic rings. The SMILES string of the molecule is COc1cc(N2CCSCC2)ccc1Nc1ncc2ccn(-c3ccccn3)c2n1. The fourth-order valence-electron chi connectivity index (χ4n) is 3.58. The lowest BCUT2D eigenvalue weighted by Gasteiger charge is -2.29. The second-order valence-electron chi connectivity index (χ2n) is 6.96. The average molecular weight is 419 g/mol. The monoisotopic (exact) mass is 418 g/mol. The van der Waals surface area contributed by atoms with E-state index in [9.17, 15) is 0 Å². The Morgan fingerprint density at radius 2 is 1.97 bits per heavy atom. The zero-order chi connectivity index (χ0) is 20.3. The minimum Gasteiger partial charge on any atom is -0.494 e. The zero-order valence-corrected chi connectivity index (χ0v) is 17.5. The van der Waals surface area contributed by atoms with Gasteiger partial charge in [0.1, 0.15) is 11.6 Å². The van der Waals surface area contributed by atoms with Crippen LogP contribution >= 0.6 is 11.8 Å². The molecule has 0 saturated carbocycles. The topological polar surface area (TPSA) is 68.1 Å². The number of thioether (sulfide) groups is 1. The minimum absolute atomic E-state index is 0.513. The van der Waals surface area contributed by atoms with E-state index in [1.54, 1.807) is 13.3 Å². The first-order valence-electron chi connectivity index (χ1n) is 9.85. The van der Waals surface area contributed by atoms with E-state index < -0.39 is 0 Å². The Labute approximate surface area is 179 Å². The van der Waals surface area contributed by atoms with Gasteiger partial charge in [-0.1, -0.05) is 6.07 Å².